The molecular weight excluding hydrogens is 282 g/mol. The fraction of sp³-hybridized carbons (Fsp3) is 0.100. The molecule has 0 saturated heterocycles. The molecule has 0 radical (unpaired) electrons. The summed E-state index contributed by atoms with van der Waals surface area (Å²) in [4.78, 5) is 8.73. The van der Waals surface area contributed by atoms with Crippen molar-refractivity contribution in [1.29, 1.82) is 0 Å². The Bertz CT molecular complexity index is 938. The number of benzene rings is 2. The van der Waals surface area contributed by atoms with E-state index in [2.05, 4.69) is 70.0 Å². The van der Waals surface area contributed by atoms with Crippen LogP contribution in [-0.4, -0.2) is 14.5 Å². The number of fused-ring (bicyclic) bond motifs is 1. The van der Waals surface area contributed by atoms with E-state index in [1.165, 1.54) is 5.56 Å². The zero-order valence-corrected chi connectivity index (χ0v) is 13.0. The molecule has 2 aromatic carbocycles. The molecule has 0 saturated carbocycles. The van der Waals surface area contributed by atoms with Gasteiger partial charge in [-0.25, -0.2) is 4.98 Å². The Kier molecular flexibility index (Phi) is 3.39. The highest BCUT2D eigenvalue weighted by Gasteiger charge is 2.07. The van der Waals surface area contributed by atoms with Gasteiger partial charge in [0, 0.05) is 23.6 Å². The summed E-state index contributed by atoms with van der Waals surface area (Å²) < 4.78 is 2.13. The fourth-order valence-electron chi connectivity index (χ4n) is 2.82. The number of aromatic nitrogens is 3. The maximum atomic E-state index is 4.52. The van der Waals surface area contributed by atoms with Gasteiger partial charge in [0.15, 0.2) is 0 Å². The number of imidazole rings is 1. The number of hydrogen-bond acceptors (Lipinski definition) is 2. The van der Waals surface area contributed by atoms with Crippen LogP contribution in [0.5, 0.6) is 0 Å². The van der Waals surface area contributed by atoms with E-state index in [1.807, 2.05) is 18.6 Å². The molecule has 0 fully saturated rings. The molecule has 4 rings (SSSR count). The second-order valence-electron chi connectivity index (χ2n) is 5.58. The SMILES string of the molecule is CCc1ccc(-n2cnc3ccc(-c4cccnc4)cc32)cc1. The van der Waals surface area contributed by atoms with Crippen molar-refractivity contribution in [3.63, 3.8) is 0 Å². The van der Waals surface area contributed by atoms with Crippen molar-refractivity contribution >= 4 is 11.0 Å². The van der Waals surface area contributed by atoms with Gasteiger partial charge in [0.05, 0.1) is 11.0 Å². The minimum absolute atomic E-state index is 0.997. The van der Waals surface area contributed by atoms with Crippen molar-refractivity contribution in [1.82, 2.24) is 14.5 Å². The zero-order chi connectivity index (χ0) is 15.6. The number of pyridine rings is 1. The van der Waals surface area contributed by atoms with E-state index in [9.17, 15) is 0 Å². The molecule has 112 valence electrons. The molecule has 4 aromatic rings. The maximum absolute atomic E-state index is 4.52. The van der Waals surface area contributed by atoms with Gasteiger partial charge in [-0.05, 0) is 47.9 Å². The number of rotatable bonds is 3. The molecule has 0 bridgehead atoms. The first kappa shape index (κ1) is 13.7. The average molecular weight is 299 g/mol. The van der Waals surface area contributed by atoms with Crippen LogP contribution in [0.15, 0.2) is 73.3 Å². The molecular formula is C20H17N3. The molecule has 2 aromatic heterocycles. The van der Waals surface area contributed by atoms with Crippen LogP contribution < -0.4 is 0 Å². The van der Waals surface area contributed by atoms with E-state index in [0.717, 1.165) is 34.3 Å². The summed E-state index contributed by atoms with van der Waals surface area (Å²) in [6, 6.07) is 19.0. The second-order valence-corrected chi connectivity index (χ2v) is 5.58. The molecule has 0 aliphatic heterocycles. The lowest BCUT2D eigenvalue weighted by Gasteiger charge is -2.07. The van der Waals surface area contributed by atoms with E-state index in [0.29, 0.717) is 0 Å². The molecule has 3 heteroatoms. The van der Waals surface area contributed by atoms with Crippen LogP contribution >= 0.6 is 0 Å². The van der Waals surface area contributed by atoms with Crippen LogP contribution in [0.1, 0.15) is 12.5 Å². The van der Waals surface area contributed by atoms with Gasteiger partial charge >= 0.3 is 0 Å². The monoisotopic (exact) mass is 299 g/mol. The molecule has 0 unspecified atom stereocenters. The molecule has 23 heavy (non-hydrogen) atoms. The predicted molar refractivity (Wildman–Crippen MR) is 93.7 cm³/mol. The highest BCUT2D eigenvalue weighted by Crippen LogP contribution is 2.25. The first-order valence-corrected chi connectivity index (χ1v) is 7.82. The Morgan fingerprint density at radius 3 is 2.57 bits per heavy atom. The summed E-state index contributed by atoms with van der Waals surface area (Å²) in [7, 11) is 0. The summed E-state index contributed by atoms with van der Waals surface area (Å²) in [6.07, 6.45) is 6.62. The third-order valence-corrected chi connectivity index (χ3v) is 4.16. The van der Waals surface area contributed by atoms with E-state index in [-0.39, 0.29) is 0 Å². The third kappa shape index (κ3) is 2.50. The van der Waals surface area contributed by atoms with Crippen molar-refractivity contribution in [3.8, 4) is 16.8 Å². The standard InChI is InChI=1S/C20H17N3/c1-2-15-5-8-18(9-6-15)23-14-22-19-10-7-16(12-20(19)23)17-4-3-11-21-13-17/h3-14H,2H2,1H3. The number of hydrogen-bond donors (Lipinski definition) is 0. The van der Waals surface area contributed by atoms with Gasteiger partial charge in [0.1, 0.15) is 6.33 Å². The molecule has 0 N–H and O–H groups in total. The summed E-state index contributed by atoms with van der Waals surface area (Å²) in [5.74, 6) is 0. The Hall–Kier alpha value is -2.94. The van der Waals surface area contributed by atoms with E-state index in [1.54, 1.807) is 6.20 Å². The summed E-state index contributed by atoms with van der Waals surface area (Å²) in [5, 5.41) is 0. The largest absolute Gasteiger partial charge is 0.299 e. The van der Waals surface area contributed by atoms with Crippen molar-refractivity contribution in [2.24, 2.45) is 0 Å². The minimum atomic E-state index is 0.997. The molecule has 2 heterocycles. The molecule has 0 aliphatic rings. The van der Waals surface area contributed by atoms with Gasteiger partial charge < -0.3 is 0 Å². The maximum Gasteiger partial charge on any atom is 0.100 e. The Labute approximate surface area is 135 Å². The Morgan fingerprint density at radius 2 is 1.83 bits per heavy atom. The second kappa shape index (κ2) is 5.69. The molecule has 0 amide bonds. The third-order valence-electron chi connectivity index (χ3n) is 4.16. The molecule has 3 nitrogen and oxygen atoms in total. The highest BCUT2D eigenvalue weighted by molar-refractivity contribution is 5.83. The van der Waals surface area contributed by atoms with E-state index >= 15 is 0 Å². The van der Waals surface area contributed by atoms with Gasteiger partial charge in [-0.2, -0.15) is 0 Å². The van der Waals surface area contributed by atoms with Crippen LogP contribution in [0.4, 0.5) is 0 Å². The lowest BCUT2D eigenvalue weighted by atomic mass is 10.1. The zero-order valence-electron chi connectivity index (χ0n) is 13.0. The first-order valence-electron chi connectivity index (χ1n) is 7.82. The summed E-state index contributed by atoms with van der Waals surface area (Å²) >= 11 is 0. The number of nitrogens with zero attached hydrogens (tertiary/aromatic N) is 3. The normalized spacial score (nSPS) is 11.0. The van der Waals surface area contributed by atoms with Crippen molar-refractivity contribution in [2.45, 2.75) is 13.3 Å². The molecule has 0 spiro atoms. The van der Waals surface area contributed by atoms with Crippen molar-refractivity contribution < 1.29 is 0 Å². The van der Waals surface area contributed by atoms with Crippen LogP contribution in [0.2, 0.25) is 0 Å². The first-order chi connectivity index (χ1) is 11.3. The van der Waals surface area contributed by atoms with E-state index in [4.69, 9.17) is 0 Å². The summed E-state index contributed by atoms with van der Waals surface area (Å²) in [6.45, 7) is 2.17. The lowest BCUT2D eigenvalue weighted by molar-refractivity contribution is 1.08. The fourth-order valence-corrected chi connectivity index (χ4v) is 2.82. The van der Waals surface area contributed by atoms with Crippen LogP contribution in [0.3, 0.4) is 0 Å². The highest BCUT2D eigenvalue weighted by atomic mass is 15.0. The van der Waals surface area contributed by atoms with Gasteiger partial charge in [0.2, 0.25) is 0 Å². The topological polar surface area (TPSA) is 30.7 Å². The van der Waals surface area contributed by atoms with Crippen LogP contribution in [-0.2, 0) is 6.42 Å². The Balaban J connectivity index is 1.84. The van der Waals surface area contributed by atoms with Crippen molar-refractivity contribution in [3.05, 3.63) is 78.9 Å². The van der Waals surface area contributed by atoms with Crippen LogP contribution in [0, 0.1) is 0 Å². The minimum Gasteiger partial charge on any atom is -0.299 e. The lowest BCUT2D eigenvalue weighted by Crippen LogP contribution is -1.92. The predicted octanol–water partition coefficient (Wildman–Crippen LogP) is 4.65. The van der Waals surface area contributed by atoms with Gasteiger partial charge in [-0.1, -0.05) is 31.2 Å². The van der Waals surface area contributed by atoms with E-state index < -0.39 is 0 Å². The summed E-state index contributed by atoms with van der Waals surface area (Å²) in [5.41, 5.74) is 6.84. The average Bonchev–Trinajstić information content (AvgIpc) is 3.05. The van der Waals surface area contributed by atoms with Gasteiger partial charge in [-0.15, -0.1) is 0 Å². The Morgan fingerprint density at radius 1 is 0.957 bits per heavy atom. The van der Waals surface area contributed by atoms with Crippen LogP contribution in [0.25, 0.3) is 27.8 Å². The van der Waals surface area contributed by atoms with Gasteiger partial charge in [0.25, 0.3) is 0 Å². The number of aryl methyl sites for hydroxylation is 1. The van der Waals surface area contributed by atoms with Gasteiger partial charge in [-0.3, -0.25) is 9.55 Å². The molecule has 0 aliphatic carbocycles. The molecule has 0 atom stereocenters. The smallest absolute Gasteiger partial charge is 0.100 e. The van der Waals surface area contributed by atoms with Crippen molar-refractivity contribution in [2.75, 3.05) is 0 Å². The quantitative estimate of drug-likeness (QED) is 0.551.